The van der Waals surface area contributed by atoms with Crippen LogP contribution in [0.1, 0.15) is 22.7 Å². The topological polar surface area (TPSA) is 24.5 Å². The molecule has 2 aromatic carbocycles. The third-order valence-corrected chi connectivity index (χ3v) is 4.32. The number of nitrogens with zero attached hydrogens (tertiary/aromatic N) is 1. The van der Waals surface area contributed by atoms with Crippen LogP contribution in [0.5, 0.6) is 5.75 Å². The van der Waals surface area contributed by atoms with Gasteiger partial charge in [-0.15, -0.1) is 12.4 Å². The SMILES string of the molecule is COc1ccccc1C1CNCCN1Cc1cccc(C)c1.Cl. The Morgan fingerprint density at radius 2 is 2.00 bits per heavy atom. The van der Waals surface area contributed by atoms with E-state index >= 15 is 0 Å². The summed E-state index contributed by atoms with van der Waals surface area (Å²) >= 11 is 0. The molecule has 0 bridgehead atoms. The van der Waals surface area contributed by atoms with E-state index in [0.29, 0.717) is 6.04 Å². The van der Waals surface area contributed by atoms with Crippen molar-refractivity contribution in [2.24, 2.45) is 0 Å². The molecule has 1 aliphatic rings. The summed E-state index contributed by atoms with van der Waals surface area (Å²) in [5.74, 6) is 0.977. The lowest BCUT2D eigenvalue weighted by Crippen LogP contribution is -2.45. The Morgan fingerprint density at radius 3 is 2.78 bits per heavy atom. The van der Waals surface area contributed by atoms with Crippen molar-refractivity contribution in [2.75, 3.05) is 26.7 Å². The summed E-state index contributed by atoms with van der Waals surface area (Å²) in [5.41, 5.74) is 3.97. The molecular weight excluding hydrogens is 308 g/mol. The largest absolute Gasteiger partial charge is 0.496 e. The lowest BCUT2D eigenvalue weighted by molar-refractivity contribution is 0.151. The van der Waals surface area contributed by atoms with Gasteiger partial charge in [0.1, 0.15) is 5.75 Å². The maximum Gasteiger partial charge on any atom is 0.123 e. The zero-order chi connectivity index (χ0) is 15.4. The van der Waals surface area contributed by atoms with Gasteiger partial charge in [0.05, 0.1) is 13.2 Å². The molecule has 3 rings (SSSR count). The van der Waals surface area contributed by atoms with Gasteiger partial charge in [0.25, 0.3) is 0 Å². The minimum Gasteiger partial charge on any atom is -0.496 e. The Kier molecular flexibility index (Phi) is 6.46. The Morgan fingerprint density at radius 1 is 1.17 bits per heavy atom. The van der Waals surface area contributed by atoms with Crippen LogP contribution in [0.25, 0.3) is 0 Å². The van der Waals surface area contributed by atoms with Crippen LogP contribution in [-0.2, 0) is 6.54 Å². The summed E-state index contributed by atoms with van der Waals surface area (Å²) in [4.78, 5) is 2.54. The monoisotopic (exact) mass is 332 g/mol. The highest BCUT2D eigenvalue weighted by Crippen LogP contribution is 2.31. The molecular formula is C19H25ClN2O. The molecule has 23 heavy (non-hydrogen) atoms. The minimum atomic E-state index is 0. The van der Waals surface area contributed by atoms with Crippen molar-refractivity contribution in [3.05, 3.63) is 65.2 Å². The van der Waals surface area contributed by atoms with Gasteiger partial charge in [-0.25, -0.2) is 0 Å². The maximum atomic E-state index is 5.56. The lowest BCUT2D eigenvalue weighted by atomic mass is 10.0. The standard InChI is InChI=1S/C19H24N2O.ClH/c1-15-6-5-7-16(12-15)14-21-11-10-20-13-18(21)17-8-3-4-9-19(17)22-2;/h3-9,12,18,20H,10-11,13-14H2,1-2H3;1H. The fourth-order valence-corrected chi connectivity index (χ4v) is 3.23. The summed E-state index contributed by atoms with van der Waals surface area (Å²) in [6, 6.07) is 17.5. The Hall–Kier alpha value is -1.55. The highest BCUT2D eigenvalue weighted by atomic mass is 35.5. The summed E-state index contributed by atoms with van der Waals surface area (Å²) in [6.07, 6.45) is 0. The number of methoxy groups -OCH3 is 1. The van der Waals surface area contributed by atoms with Crippen molar-refractivity contribution >= 4 is 12.4 Å². The number of piperazine rings is 1. The summed E-state index contributed by atoms with van der Waals surface area (Å²) in [5, 5.41) is 3.51. The predicted molar refractivity (Wildman–Crippen MR) is 97.4 cm³/mol. The molecule has 3 nitrogen and oxygen atoms in total. The summed E-state index contributed by atoms with van der Waals surface area (Å²) in [7, 11) is 1.75. The molecule has 0 saturated carbocycles. The van der Waals surface area contributed by atoms with Gasteiger partial charge in [0.15, 0.2) is 0 Å². The van der Waals surface area contributed by atoms with Crippen molar-refractivity contribution in [1.82, 2.24) is 10.2 Å². The number of aryl methyl sites for hydroxylation is 1. The number of hydrogen-bond donors (Lipinski definition) is 1. The van der Waals surface area contributed by atoms with Crippen LogP contribution >= 0.6 is 12.4 Å². The molecule has 1 unspecified atom stereocenters. The minimum absolute atomic E-state index is 0. The fourth-order valence-electron chi connectivity index (χ4n) is 3.23. The van der Waals surface area contributed by atoms with E-state index in [2.05, 4.69) is 59.6 Å². The van der Waals surface area contributed by atoms with Crippen LogP contribution in [0.4, 0.5) is 0 Å². The van der Waals surface area contributed by atoms with Crippen molar-refractivity contribution in [3.63, 3.8) is 0 Å². The van der Waals surface area contributed by atoms with E-state index in [1.165, 1.54) is 16.7 Å². The Bertz CT molecular complexity index is 632. The van der Waals surface area contributed by atoms with Gasteiger partial charge < -0.3 is 10.1 Å². The number of nitrogens with one attached hydrogen (secondary N) is 1. The van der Waals surface area contributed by atoms with Crippen LogP contribution < -0.4 is 10.1 Å². The van der Waals surface area contributed by atoms with Crippen LogP contribution in [0.2, 0.25) is 0 Å². The first-order chi connectivity index (χ1) is 10.8. The van der Waals surface area contributed by atoms with Crippen molar-refractivity contribution < 1.29 is 4.74 Å². The van der Waals surface area contributed by atoms with E-state index in [-0.39, 0.29) is 12.4 Å². The number of halogens is 1. The highest BCUT2D eigenvalue weighted by Gasteiger charge is 2.26. The van der Waals surface area contributed by atoms with Crippen molar-refractivity contribution in [3.8, 4) is 5.75 Å². The second-order valence-electron chi connectivity index (χ2n) is 5.92. The van der Waals surface area contributed by atoms with Gasteiger partial charge in [-0.3, -0.25) is 4.90 Å². The molecule has 1 heterocycles. The van der Waals surface area contributed by atoms with Crippen molar-refractivity contribution in [1.29, 1.82) is 0 Å². The van der Waals surface area contributed by atoms with Crippen molar-refractivity contribution in [2.45, 2.75) is 19.5 Å². The molecule has 1 N–H and O–H groups in total. The molecule has 0 radical (unpaired) electrons. The van der Waals surface area contributed by atoms with E-state index < -0.39 is 0 Å². The molecule has 124 valence electrons. The van der Waals surface area contributed by atoms with E-state index in [9.17, 15) is 0 Å². The zero-order valence-corrected chi connectivity index (χ0v) is 14.6. The third-order valence-electron chi connectivity index (χ3n) is 4.32. The smallest absolute Gasteiger partial charge is 0.123 e. The molecule has 1 saturated heterocycles. The van der Waals surface area contributed by atoms with Gasteiger partial charge in [0, 0.05) is 31.7 Å². The first kappa shape index (κ1) is 17.8. The second-order valence-corrected chi connectivity index (χ2v) is 5.92. The first-order valence-electron chi connectivity index (χ1n) is 7.91. The fraction of sp³-hybridized carbons (Fsp3) is 0.368. The molecule has 2 aromatic rings. The van der Waals surface area contributed by atoms with Gasteiger partial charge >= 0.3 is 0 Å². The Labute approximate surface area is 145 Å². The van der Waals surface area contributed by atoms with Crippen LogP contribution in [0, 0.1) is 6.92 Å². The average Bonchev–Trinajstić information content (AvgIpc) is 2.55. The molecule has 1 aliphatic heterocycles. The van der Waals surface area contributed by atoms with E-state index in [1.54, 1.807) is 7.11 Å². The Balaban J connectivity index is 0.00000192. The van der Waals surface area contributed by atoms with Gasteiger partial charge in [0.2, 0.25) is 0 Å². The predicted octanol–water partition coefficient (Wildman–Crippen LogP) is 3.57. The number of rotatable bonds is 4. The van der Waals surface area contributed by atoms with E-state index in [4.69, 9.17) is 4.74 Å². The lowest BCUT2D eigenvalue weighted by Gasteiger charge is -2.37. The molecule has 0 spiro atoms. The molecule has 4 heteroatoms. The van der Waals surface area contributed by atoms with Crippen LogP contribution in [0.15, 0.2) is 48.5 Å². The number of ether oxygens (including phenoxy) is 1. The second kappa shape index (κ2) is 8.34. The molecule has 1 atom stereocenters. The van der Waals surface area contributed by atoms with Gasteiger partial charge in [-0.2, -0.15) is 0 Å². The summed E-state index contributed by atoms with van der Waals surface area (Å²) < 4.78 is 5.56. The normalized spacial score (nSPS) is 18.3. The van der Waals surface area contributed by atoms with Crippen LogP contribution in [0.3, 0.4) is 0 Å². The van der Waals surface area contributed by atoms with Gasteiger partial charge in [-0.1, -0.05) is 48.0 Å². The molecule has 1 fully saturated rings. The number of para-hydroxylation sites is 1. The van der Waals surface area contributed by atoms with Gasteiger partial charge in [-0.05, 0) is 18.6 Å². The third kappa shape index (κ3) is 4.25. The number of benzene rings is 2. The maximum absolute atomic E-state index is 5.56. The first-order valence-corrected chi connectivity index (χ1v) is 7.91. The highest BCUT2D eigenvalue weighted by molar-refractivity contribution is 5.85. The molecule has 0 aromatic heterocycles. The molecule has 0 aliphatic carbocycles. The average molecular weight is 333 g/mol. The summed E-state index contributed by atoms with van der Waals surface area (Å²) in [6.45, 7) is 6.19. The number of hydrogen-bond acceptors (Lipinski definition) is 3. The molecule has 0 amide bonds. The quantitative estimate of drug-likeness (QED) is 0.926. The van der Waals surface area contributed by atoms with E-state index in [1.807, 2.05) is 6.07 Å². The van der Waals surface area contributed by atoms with E-state index in [0.717, 1.165) is 31.9 Å². The zero-order valence-electron chi connectivity index (χ0n) is 13.8. The van der Waals surface area contributed by atoms with Crippen LogP contribution in [-0.4, -0.2) is 31.6 Å².